The largest absolute Gasteiger partial charge is 0.490 e. The average molecular weight is 383 g/mol. The van der Waals surface area contributed by atoms with Gasteiger partial charge in [-0.1, -0.05) is 6.92 Å². The molecule has 0 N–H and O–H groups in total. The zero-order chi connectivity index (χ0) is 19.7. The number of fused-ring (bicyclic) bond motifs is 1. The molecule has 0 spiro atoms. The maximum Gasteiger partial charge on any atom is 0.257 e. The normalized spacial score (nSPS) is 23.3. The van der Waals surface area contributed by atoms with E-state index in [-0.39, 0.29) is 12.1 Å². The molecule has 3 atom stereocenters. The van der Waals surface area contributed by atoms with Crippen LogP contribution >= 0.6 is 0 Å². The van der Waals surface area contributed by atoms with Crippen LogP contribution in [0.2, 0.25) is 0 Å². The van der Waals surface area contributed by atoms with Crippen molar-refractivity contribution >= 4 is 0 Å². The molecule has 1 unspecified atom stereocenters. The molecule has 2 aromatic rings. The number of pyridine rings is 2. The van der Waals surface area contributed by atoms with Crippen molar-refractivity contribution in [3.05, 3.63) is 41.3 Å². The van der Waals surface area contributed by atoms with E-state index < -0.39 is 0 Å². The highest BCUT2D eigenvalue weighted by atomic mass is 16.6. The standard InChI is InChI=1S/C22H29N3O3/c1-14-13-25(8-7-20(14)28-18-11-15(2)23-16(3)12-18)17(4)19-5-6-21-22(24-19)27-10-9-26-21/h5-6,11-12,14,17,20H,7-10,13H2,1-4H3/t14-,17?,20+/m1/s1. The Morgan fingerprint density at radius 3 is 2.61 bits per heavy atom. The number of aryl methyl sites for hydroxylation is 2. The maximum absolute atomic E-state index is 6.32. The second-order valence-corrected chi connectivity index (χ2v) is 7.92. The topological polar surface area (TPSA) is 56.7 Å². The van der Waals surface area contributed by atoms with E-state index in [1.165, 1.54) is 0 Å². The molecule has 4 rings (SSSR count). The first-order valence-electron chi connectivity index (χ1n) is 10.1. The molecule has 0 aromatic carbocycles. The Balaban J connectivity index is 1.40. The number of nitrogens with zero attached hydrogens (tertiary/aromatic N) is 3. The van der Waals surface area contributed by atoms with Crippen LogP contribution in [0.25, 0.3) is 0 Å². The van der Waals surface area contributed by atoms with Gasteiger partial charge < -0.3 is 14.2 Å². The van der Waals surface area contributed by atoms with Crippen molar-refractivity contribution < 1.29 is 14.2 Å². The van der Waals surface area contributed by atoms with Gasteiger partial charge in [-0.15, -0.1) is 0 Å². The van der Waals surface area contributed by atoms with Gasteiger partial charge in [0, 0.05) is 48.6 Å². The molecule has 2 aromatic heterocycles. The van der Waals surface area contributed by atoms with Crippen LogP contribution in [0.4, 0.5) is 0 Å². The summed E-state index contributed by atoms with van der Waals surface area (Å²) in [5.41, 5.74) is 3.02. The van der Waals surface area contributed by atoms with Crippen molar-refractivity contribution in [2.75, 3.05) is 26.3 Å². The zero-order valence-corrected chi connectivity index (χ0v) is 17.1. The highest BCUT2D eigenvalue weighted by Gasteiger charge is 2.31. The minimum absolute atomic E-state index is 0.220. The second kappa shape index (κ2) is 7.95. The van der Waals surface area contributed by atoms with Crippen LogP contribution in [-0.2, 0) is 0 Å². The minimum atomic E-state index is 0.220. The number of piperidine rings is 1. The van der Waals surface area contributed by atoms with Gasteiger partial charge in [0.05, 0.1) is 5.69 Å². The highest BCUT2D eigenvalue weighted by Crippen LogP contribution is 2.33. The van der Waals surface area contributed by atoms with Crippen LogP contribution in [0.1, 0.15) is 43.4 Å². The summed E-state index contributed by atoms with van der Waals surface area (Å²) in [5, 5.41) is 0. The Hall–Kier alpha value is -2.34. The predicted octanol–water partition coefficient (Wildman–Crippen LogP) is 3.72. The lowest BCUT2D eigenvalue weighted by Gasteiger charge is -2.39. The summed E-state index contributed by atoms with van der Waals surface area (Å²) < 4.78 is 17.6. The smallest absolute Gasteiger partial charge is 0.257 e. The molecule has 150 valence electrons. The summed E-state index contributed by atoms with van der Waals surface area (Å²) in [4.78, 5) is 11.6. The van der Waals surface area contributed by atoms with Crippen molar-refractivity contribution in [3.63, 3.8) is 0 Å². The molecule has 1 fully saturated rings. The van der Waals surface area contributed by atoms with Crippen molar-refractivity contribution in [2.24, 2.45) is 5.92 Å². The molecule has 6 nitrogen and oxygen atoms in total. The van der Waals surface area contributed by atoms with Gasteiger partial charge in [-0.3, -0.25) is 9.88 Å². The minimum Gasteiger partial charge on any atom is -0.490 e. The summed E-state index contributed by atoms with van der Waals surface area (Å²) in [7, 11) is 0. The van der Waals surface area contributed by atoms with Crippen molar-refractivity contribution in [3.8, 4) is 17.4 Å². The molecule has 28 heavy (non-hydrogen) atoms. The first-order chi connectivity index (χ1) is 13.5. The fraction of sp³-hybridized carbons (Fsp3) is 0.545. The van der Waals surface area contributed by atoms with E-state index in [9.17, 15) is 0 Å². The van der Waals surface area contributed by atoms with Crippen molar-refractivity contribution in [2.45, 2.75) is 46.3 Å². The number of rotatable bonds is 4. The van der Waals surface area contributed by atoms with Crippen LogP contribution in [0, 0.1) is 19.8 Å². The SMILES string of the molecule is Cc1cc(O[C@H]2CCN(C(C)c3ccc4c(n3)OCCO4)C[C@H]2C)cc(C)n1. The number of hydrogen-bond acceptors (Lipinski definition) is 6. The molecule has 0 saturated carbocycles. The van der Waals surface area contributed by atoms with Crippen LogP contribution in [-0.4, -0.2) is 47.3 Å². The third-order valence-electron chi connectivity index (χ3n) is 5.60. The lowest BCUT2D eigenvalue weighted by molar-refractivity contribution is 0.0339. The Bertz CT molecular complexity index is 822. The first-order valence-corrected chi connectivity index (χ1v) is 10.1. The van der Waals surface area contributed by atoms with Gasteiger partial charge in [0.25, 0.3) is 5.88 Å². The lowest BCUT2D eigenvalue weighted by atomic mass is 9.94. The van der Waals surface area contributed by atoms with E-state index in [2.05, 4.69) is 23.7 Å². The molecule has 1 saturated heterocycles. The fourth-order valence-corrected chi connectivity index (χ4v) is 4.09. The second-order valence-electron chi connectivity index (χ2n) is 7.92. The quantitative estimate of drug-likeness (QED) is 0.802. The molecule has 4 heterocycles. The lowest BCUT2D eigenvalue weighted by Crippen LogP contribution is -2.45. The summed E-state index contributed by atoms with van der Waals surface area (Å²) in [5.74, 6) is 2.72. The predicted molar refractivity (Wildman–Crippen MR) is 107 cm³/mol. The van der Waals surface area contributed by atoms with Crippen LogP contribution in [0.15, 0.2) is 24.3 Å². The van der Waals surface area contributed by atoms with Gasteiger partial charge in [-0.25, -0.2) is 4.98 Å². The van der Waals surface area contributed by atoms with E-state index >= 15 is 0 Å². The number of aromatic nitrogens is 2. The van der Waals surface area contributed by atoms with Gasteiger partial charge in [0.1, 0.15) is 25.1 Å². The third-order valence-corrected chi connectivity index (χ3v) is 5.60. The van der Waals surface area contributed by atoms with Gasteiger partial charge in [-0.2, -0.15) is 0 Å². The molecule has 0 amide bonds. The van der Waals surface area contributed by atoms with Gasteiger partial charge >= 0.3 is 0 Å². The van der Waals surface area contributed by atoms with Crippen molar-refractivity contribution in [1.29, 1.82) is 0 Å². The van der Waals surface area contributed by atoms with E-state index in [4.69, 9.17) is 19.2 Å². The fourth-order valence-electron chi connectivity index (χ4n) is 4.09. The summed E-state index contributed by atoms with van der Waals surface area (Å²) >= 11 is 0. The van der Waals surface area contributed by atoms with Gasteiger partial charge in [0.15, 0.2) is 5.75 Å². The van der Waals surface area contributed by atoms with E-state index in [1.807, 2.05) is 38.1 Å². The highest BCUT2D eigenvalue weighted by molar-refractivity contribution is 5.36. The van der Waals surface area contributed by atoms with Gasteiger partial charge in [-0.05, 0) is 39.3 Å². The molecule has 0 aliphatic carbocycles. The molecule has 0 radical (unpaired) electrons. The number of likely N-dealkylation sites (tertiary alicyclic amines) is 1. The van der Waals surface area contributed by atoms with Crippen LogP contribution in [0.5, 0.6) is 17.4 Å². The van der Waals surface area contributed by atoms with Gasteiger partial charge in [0.2, 0.25) is 0 Å². The van der Waals surface area contributed by atoms with Crippen molar-refractivity contribution in [1.82, 2.24) is 14.9 Å². The summed E-state index contributed by atoms with van der Waals surface area (Å²) in [6.07, 6.45) is 1.22. The molecule has 2 aliphatic rings. The Morgan fingerprint density at radius 1 is 1.11 bits per heavy atom. The maximum atomic E-state index is 6.32. The Kier molecular flexibility index (Phi) is 5.40. The summed E-state index contributed by atoms with van der Waals surface area (Å²) in [6, 6.07) is 8.29. The summed E-state index contributed by atoms with van der Waals surface area (Å²) in [6.45, 7) is 11.6. The molecule has 6 heteroatoms. The number of hydrogen-bond donors (Lipinski definition) is 0. The van der Waals surface area contributed by atoms with E-state index in [0.29, 0.717) is 25.0 Å². The number of ether oxygens (including phenoxy) is 3. The van der Waals surface area contributed by atoms with E-state index in [0.717, 1.165) is 48.1 Å². The first kappa shape index (κ1) is 19.0. The van der Waals surface area contributed by atoms with Crippen LogP contribution in [0.3, 0.4) is 0 Å². The molecular formula is C22H29N3O3. The van der Waals surface area contributed by atoms with E-state index in [1.54, 1.807) is 0 Å². The average Bonchev–Trinajstić information content (AvgIpc) is 2.68. The monoisotopic (exact) mass is 383 g/mol. The molecule has 0 bridgehead atoms. The Morgan fingerprint density at radius 2 is 1.86 bits per heavy atom. The third kappa shape index (κ3) is 4.07. The van der Waals surface area contributed by atoms with Crippen LogP contribution < -0.4 is 14.2 Å². The zero-order valence-electron chi connectivity index (χ0n) is 17.1. The molecule has 2 aliphatic heterocycles. The molecular weight excluding hydrogens is 354 g/mol. The Labute approximate surface area is 166 Å².